The molecule has 1 N–H and O–H groups in total. The number of nitro benzene ring substituents is 1. The van der Waals surface area contributed by atoms with Gasteiger partial charge in [-0.2, -0.15) is 0 Å². The Morgan fingerprint density at radius 1 is 1.35 bits per heavy atom. The van der Waals surface area contributed by atoms with Crippen molar-refractivity contribution in [2.45, 2.75) is 0 Å². The van der Waals surface area contributed by atoms with Gasteiger partial charge < -0.3 is 10.2 Å². The van der Waals surface area contributed by atoms with Crippen molar-refractivity contribution in [1.82, 2.24) is 0 Å². The summed E-state index contributed by atoms with van der Waals surface area (Å²) in [4.78, 5) is 23.8. The summed E-state index contributed by atoms with van der Waals surface area (Å²) in [6, 6.07) is 10.3. The maximum absolute atomic E-state index is 13.2. The Labute approximate surface area is 140 Å². The number of nitro groups is 1. The van der Waals surface area contributed by atoms with Crippen LogP contribution in [0.1, 0.15) is 0 Å². The van der Waals surface area contributed by atoms with E-state index in [4.69, 9.17) is 0 Å². The summed E-state index contributed by atoms with van der Waals surface area (Å²) in [5, 5.41) is 13.7. The Kier molecular flexibility index (Phi) is 5.28. The Morgan fingerprint density at radius 2 is 2.04 bits per heavy atom. The van der Waals surface area contributed by atoms with Crippen LogP contribution in [-0.2, 0) is 4.79 Å². The molecular weight excluding hydrogens is 369 g/mol. The normalized spacial score (nSPS) is 10.2. The largest absolute Gasteiger partial charge is 0.360 e. The fraction of sp³-hybridized carbons (Fsp3) is 0.133. The summed E-state index contributed by atoms with van der Waals surface area (Å²) in [7, 11) is 1.53. The van der Waals surface area contributed by atoms with Crippen molar-refractivity contribution >= 4 is 38.9 Å². The molecular formula is C15H13BrFN3O3. The Morgan fingerprint density at radius 3 is 2.70 bits per heavy atom. The number of nitrogens with zero attached hydrogens (tertiary/aromatic N) is 2. The molecule has 0 aliphatic heterocycles. The van der Waals surface area contributed by atoms with Crippen LogP contribution in [0.25, 0.3) is 0 Å². The van der Waals surface area contributed by atoms with E-state index in [1.165, 1.54) is 18.0 Å². The maximum Gasteiger partial charge on any atom is 0.295 e. The van der Waals surface area contributed by atoms with Crippen molar-refractivity contribution in [1.29, 1.82) is 0 Å². The second-order valence-corrected chi connectivity index (χ2v) is 5.63. The van der Waals surface area contributed by atoms with E-state index in [0.29, 0.717) is 5.69 Å². The third-order valence-corrected chi connectivity index (χ3v) is 3.77. The van der Waals surface area contributed by atoms with Gasteiger partial charge in [0.2, 0.25) is 5.91 Å². The second kappa shape index (κ2) is 7.19. The third kappa shape index (κ3) is 4.26. The smallest absolute Gasteiger partial charge is 0.295 e. The molecule has 0 heterocycles. The number of nitrogens with one attached hydrogen (secondary N) is 1. The van der Waals surface area contributed by atoms with Crippen LogP contribution in [0.4, 0.5) is 21.5 Å². The third-order valence-electron chi connectivity index (χ3n) is 3.07. The van der Waals surface area contributed by atoms with Crippen molar-refractivity contribution in [3.05, 3.63) is 62.9 Å². The van der Waals surface area contributed by atoms with Crippen LogP contribution in [0.5, 0.6) is 0 Å². The van der Waals surface area contributed by atoms with E-state index in [-0.39, 0.29) is 23.8 Å². The zero-order valence-corrected chi connectivity index (χ0v) is 13.7. The molecule has 0 saturated heterocycles. The number of hydrogen-bond donors (Lipinski definition) is 1. The average Bonchev–Trinajstić information content (AvgIpc) is 2.49. The number of likely N-dealkylation sites (N-methyl/N-ethyl adjacent to an activating group) is 1. The van der Waals surface area contributed by atoms with E-state index in [2.05, 4.69) is 21.2 Å². The predicted octanol–water partition coefficient (Wildman–Crippen LogP) is 3.57. The first kappa shape index (κ1) is 16.9. The molecule has 0 aromatic heterocycles. The van der Waals surface area contributed by atoms with Crippen LogP contribution in [0, 0.1) is 15.9 Å². The molecule has 120 valence electrons. The van der Waals surface area contributed by atoms with Crippen LogP contribution in [0.2, 0.25) is 0 Å². The fourth-order valence-electron chi connectivity index (χ4n) is 2.02. The molecule has 0 atom stereocenters. The number of carbonyl (C=O) groups is 1. The van der Waals surface area contributed by atoms with Crippen LogP contribution in [0.15, 0.2) is 46.9 Å². The highest BCUT2D eigenvalue weighted by atomic mass is 79.9. The van der Waals surface area contributed by atoms with Gasteiger partial charge >= 0.3 is 0 Å². The molecule has 0 aliphatic carbocycles. The molecule has 1 amide bonds. The predicted molar refractivity (Wildman–Crippen MR) is 89.1 cm³/mol. The van der Waals surface area contributed by atoms with Crippen molar-refractivity contribution in [3.63, 3.8) is 0 Å². The maximum atomic E-state index is 13.2. The summed E-state index contributed by atoms with van der Waals surface area (Å²) in [6.07, 6.45) is 0. The minimum absolute atomic E-state index is 0.117. The van der Waals surface area contributed by atoms with Gasteiger partial charge in [0.05, 0.1) is 23.2 Å². The van der Waals surface area contributed by atoms with Crippen molar-refractivity contribution in [3.8, 4) is 0 Å². The first-order valence-electron chi connectivity index (χ1n) is 6.58. The van der Waals surface area contributed by atoms with Gasteiger partial charge in [0.1, 0.15) is 11.5 Å². The first-order valence-corrected chi connectivity index (χ1v) is 7.37. The summed E-state index contributed by atoms with van der Waals surface area (Å²) >= 11 is 3.32. The quantitative estimate of drug-likeness (QED) is 0.634. The van der Waals surface area contributed by atoms with Gasteiger partial charge in [0.15, 0.2) is 0 Å². The first-order chi connectivity index (χ1) is 10.9. The van der Waals surface area contributed by atoms with E-state index in [1.807, 2.05) is 6.07 Å². The van der Waals surface area contributed by atoms with Crippen molar-refractivity contribution in [2.75, 3.05) is 23.8 Å². The molecule has 2 aromatic carbocycles. The molecule has 0 bridgehead atoms. The van der Waals surface area contributed by atoms with Gasteiger partial charge in [-0.05, 0) is 40.2 Å². The SMILES string of the molecule is CN(CC(=O)Nc1ccccc1Br)c1ccc(F)cc1[N+](=O)[O-]. The molecule has 0 spiro atoms. The molecule has 23 heavy (non-hydrogen) atoms. The van der Waals surface area contributed by atoms with E-state index >= 15 is 0 Å². The van der Waals surface area contributed by atoms with Crippen LogP contribution in [0.3, 0.4) is 0 Å². The molecule has 0 unspecified atom stereocenters. The van der Waals surface area contributed by atoms with Crippen LogP contribution in [-0.4, -0.2) is 24.4 Å². The van der Waals surface area contributed by atoms with E-state index in [1.54, 1.807) is 18.2 Å². The monoisotopic (exact) mass is 381 g/mol. The molecule has 0 fully saturated rings. The summed E-state index contributed by atoms with van der Waals surface area (Å²) in [6.45, 7) is -0.117. The second-order valence-electron chi connectivity index (χ2n) is 4.77. The molecule has 0 radical (unpaired) electrons. The van der Waals surface area contributed by atoms with Gasteiger partial charge in [0.25, 0.3) is 5.69 Å². The highest BCUT2D eigenvalue weighted by Gasteiger charge is 2.20. The van der Waals surface area contributed by atoms with Gasteiger partial charge in [-0.25, -0.2) is 4.39 Å². The highest BCUT2D eigenvalue weighted by molar-refractivity contribution is 9.10. The lowest BCUT2D eigenvalue weighted by atomic mass is 10.2. The lowest BCUT2D eigenvalue weighted by Gasteiger charge is -2.19. The number of hydrogen-bond acceptors (Lipinski definition) is 4. The van der Waals surface area contributed by atoms with E-state index in [0.717, 1.165) is 16.6 Å². The number of anilines is 2. The fourth-order valence-corrected chi connectivity index (χ4v) is 2.40. The zero-order valence-electron chi connectivity index (χ0n) is 12.1. The molecule has 8 heteroatoms. The average molecular weight is 382 g/mol. The molecule has 6 nitrogen and oxygen atoms in total. The van der Waals surface area contributed by atoms with Crippen molar-refractivity contribution < 1.29 is 14.1 Å². The van der Waals surface area contributed by atoms with E-state index in [9.17, 15) is 19.3 Å². The minimum Gasteiger partial charge on any atom is -0.360 e. The highest BCUT2D eigenvalue weighted by Crippen LogP contribution is 2.28. The van der Waals surface area contributed by atoms with E-state index < -0.39 is 10.7 Å². The summed E-state index contributed by atoms with van der Waals surface area (Å²) in [5.74, 6) is -1.05. The van der Waals surface area contributed by atoms with Crippen LogP contribution >= 0.6 is 15.9 Å². The number of carbonyl (C=O) groups excluding carboxylic acids is 1. The van der Waals surface area contributed by atoms with Gasteiger partial charge in [-0.3, -0.25) is 14.9 Å². The zero-order chi connectivity index (χ0) is 17.0. The Balaban J connectivity index is 2.13. The summed E-state index contributed by atoms with van der Waals surface area (Å²) in [5.41, 5.74) is 0.374. The number of halogens is 2. The lowest BCUT2D eigenvalue weighted by Crippen LogP contribution is -2.30. The standard InChI is InChI=1S/C15H13BrFN3O3/c1-19(13-7-6-10(17)8-14(13)20(22)23)9-15(21)18-12-5-3-2-4-11(12)16/h2-8H,9H2,1H3,(H,18,21). The molecule has 2 aromatic rings. The Bertz CT molecular complexity index is 754. The number of amides is 1. The van der Waals surface area contributed by atoms with Crippen molar-refractivity contribution in [2.24, 2.45) is 0 Å². The topological polar surface area (TPSA) is 75.5 Å². The lowest BCUT2D eigenvalue weighted by molar-refractivity contribution is -0.384. The van der Waals surface area contributed by atoms with Gasteiger partial charge in [0, 0.05) is 11.5 Å². The summed E-state index contributed by atoms with van der Waals surface area (Å²) < 4.78 is 13.9. The van der Waals surface area contributed by atoms with Gasteiger partial charge in [-0.15, -0.1) is 0 Å². The minimum atomic E-state index is -0.702. The van der Waals surface area contributed by atoms with Crippen LogP contribution < -0.4 is 10.2 Å². The Hall–Kier alpha value is -2.48. The van der Waals surface area contributed by atoms with Gasteiger partial charge in [-0.1, -0.05) is 12.1 Å². The number of para-hydroxylation sites is 1. The molecule has 0 aliphatic rings. The number of rotatable bonds is 5. The number of benzene rings is 2. The molecule has 0 saturated carbocycles. The molecule has 2 rings (SSSR count).